The van der Waals surface area contributed by atoms with E-state index in [0.29, 0.717) is 10.9 Å². The maximum atomic E-state index is 13.5. The van der Waals surface area contributed by atoms with E-state index in [1.165, 1.54) is 17.4 Å². The van der Waals surface area contributed by atoms with Crippen molar-refractivity contribution in [3.63, 3.8) is 0 Å². The third-order valence-electron chi connectivity index (χ3n) is 2.10. The van der Waals surface area contributed by atoms with Crippen LogP contribution in [0.4, 0.5) is 4.39 Å². The number of aliphatic hydroxyl groups excluding tert-OH is 1. The SMILES string of the molecule is CSc1c(CO)cc(F)c2ccsc12. The molecular formula is C10H9FOS2. The number of hydrogen-bond acceptors (Lipinski definition) is 3. The van der Waals surface area contributed by atoms with E-state index >= 15 is 0 Å². The molecule has 0 bridgehead atoms. The molecule has 0 saturated heterocycles. The highest BCUT2D eigenvalue weighted by Gasteiger charge is 2.11. The van der Waals surface area contributed by atoms with Crippen molar-refractivity contribution in [3.8, 4) is 0 Å². The van der Waals surface area contributed by atoms with Gasteiger partial charge < -0.3 is 5.11 Å². The third kappa shape index (κ3) is 1.43. The molecule has 0 atom stereocenters. The Morgan fingerprint density at radius 3 is 3.00 bits per heavy atom. The van der Waals surface area contributed by atoms with Crippen molar-refractivity contribution < 1.29 is 9.50 Å². The molecule has 0 amide bonds. The molecule has 0 aliphatic heterocycles. The molecule has 1 nitrogen and oxygen atoms in total. The first-order valence-electron chi connectivity index (χ1n) is 4.11. The van der Waals surface area contributed by atoms with Gasteiger partial charge in [0.15, 0.2) is 0 Å². The fourth-order valence-corrected chi connectivity index (χ4v) is 3.40. The van der Waals surface area contributed by atoms with E-state index in [9.17, 15) is 4.39 Å². The first kappa shape index (κ1) is 9.96. The van der Waals surface area contributed by atoms with Gasteiger partial charge in [-0.15, -0.1) is 23.1 Å². The second-order valence-electron chi connectivity index (χ2n) is 2.87. The lowest BCUT2D eigenvalue weighted by molar-refractivity contribution is 0.278. The zero-order chi connectivity index (χ0) is 10.1. The minimum atomic E-state index is -0.247. The quantitative estimate of drug-likeness (QED) is 0.796. The van der Waals surface area contributed by atoms with Gasteiger partial charge in [-0.3, -0.25) is 0 Å². The first-order valence-corrected chi connectivity index (χ1v) is 6.21. The molecule has 1 heterocycles. The van der Waals surface area contributed by atoms with Crippen LogP contribution < -0.4 is 0 Å². The van der Waals surface area contributed by atoms with Gasteiger partial charge >= 0.3 is 0 Å². The maximum Gasteiger partial charge on any atom is 0.132 e. The summed E-state index contributed by atoms with van der Waals surface area (Å²) in [5, 5.41) is 11.6. The van der Waals surface area contributed by atoms with Gasteiger partial charge in [0.1, 0.15) is 5.82 Å². The number of rotatable bonds is 2. The fourth-order valence-electron chi connectivity index (χ4n) is 1.46. The lowest BCUT2D eigenvalue weighted by Gasteiger charge is -2.06. The van der Waals surface area contributed by atoms with Crippen molar-refractivity contribution in [2.75, 3.05) is 6.26 Å². The van der Waals surface area contributed by atoms with Crippen molar-refractivity contribution in [2.45, 2.75) is 11.5 Å². The number of aliphatic hydroxyl groups is 1. The lowest BCUT2D eigenvalue weighted by Crippen LogP contribution is -1.90. The lowest BCUT2D eigenvalue weighted by atomic mass is 10.2. The second-order valence-corrected chi connectivity index (χ2v) is 4.60. The second kappa shape index (κ2) is 3.88. The highest BCUT2D eigenvalue weighted by molar-refractivity contribution is 7.99. The Morgan fingerprint density at radius 1 is 1.57 bits per heavy atom. The van der Waals surface area contributed by atoms with Crippen molar-refractivity contribution >= 4 is 33.2 Å². The van der Waals surface area contributed by atoms with Crippen LogP contribution in [0.25, 0.3) is 10.1 Å². The average molecular weight is 228 g/mol. The summed E-state index contributed by atoms with van der Waals surface area (Å²) in [6.45, 7) is -0.110. The van der Waals surface area contributed by atoms with E-state index in [1.807, 2.05) is 11.6 Å². The zero-order valence-electron chi connectivity index (χ0n) is 7.58. The number of thiophene rings is 1. The average Bonchev–Trinajstić information content (AvgIpc) is 2.66. The molecule has 0 fully saturated rings. The molecule has 14 heavy (non-hydrogen) atoms. The van der Waals surface area contributed by atoms with E-state index in [-0.39, 0.29) is 12.4 Å². The molecule has 0 saturated carbocycles. The topological polar surface area (TPSA) is 20.2 Å². The van der Waals surface area contributed by atoms with Gasteiger partial charge in [0.05, 0.1) is 11.3 Å². The Balaban J connectivity index is 2.82. The molecule has 0 aliphatic rings. The van der Waals surface area contributed by atoms with E-state index in [4.69, 9.17) is 5.11 Å². The van der Waals surface area contributed by atoms with Gasteiger partial charge in [0, 0.05) is 10.3 Å². The van der Waals surface area contributed by atoms with E-state index in [0.717, 1.165) is 9.60 Å². The number of fused-ring (bicyclic) bond motifs is 1. The van der Waals surface area contributed by atoms with Crippen molar-refractivity contribution in [2.24, 2.45) is 0 Å². The summed E-state index contributed by atoms with van der Waals surface area (Å²) in [6.07, 6.45) is 1.94. The van der Waals surface area contributed by atoms with Gasteiger partial charge in [-0.05, 0) is 29.3 Å². The van der Waals surface area contributed by atoms with Gasteiger partial charge in [-0.2, -0.15) is 0 Å². The smallest absolute Gasteiger partial charge is 0.132 e. The van der Waals surface area contributed by atoms with E-state index < -0.39 is 0 Å². The molecule has 0 unspecified atom stereocenters. The molecule has 1 aromatic heterocycles. The molecule has 74 valence electrons. The van der Waals surface area contributed by atoms with E-state index in [1.54, 1.807) is 17.8 Å². The summed E-state index contributed by atoms with van der Waals surface area (Å²) < 4.78 is 14.4. The third-order valence-corrected chi connectivity index (χ3v) is 4.03. The van der Waals surface area contributed by atoms with Crippen LogP contribution in [0.1, 0.15) is 5.56 Å². The maximum absolute atomic E-state index is 13.5. The molecule has 0 radical (unpaired) electrons. The summed E-state index contributed by atoms with van der Waals surface area (Å²) in [6, 6.07) is 3.19. The van der Waals surface area contributed by atoms with E-state index in [2.05, 4.69) is 0 Å². The number of thioether (sulfide) groups is 1. The van der Waals surface area contributed by atoms with Crippen LogP contribution in [0, 0.1) is 5.82 Å². The van der Waals surface area contributed by atoms with Crippen molar-refractivity contribution in [1.82, 2.24) is 0 Å². The van der Waals surface area contributed by atoms with Crippen molar-refractivity contribution in [1.29, 1.82) is 0 Å². The van der Waals surface area contributed by atoms with Crippen LogP contribution in [0.5, 0.6) is 0 Å². The first-order chi connectivity index (χ1) is 6.77. The minimum absolute atomic E-state index is 0.110. The van der Waals surface area contributed by atoms with Gasteiger partial charge in [0.25, 0.3) is 0 Å². The Morgan fingerprint density at radius 2 is 2.36 bits per heavy atom. The highest BCUT2D eigenvalue weighted by atomic mass is 32.2. The normalized spacial score (nSPS) is 11.1. The van der Waals surface area contributed by atoms with Crippen LogP contribution in [0.15, 0.2) is 22.4 Å². The standard InChI is InChI=1S/C10H9FOS2/c1-13-9-6(5-12)4-8(11)7-2-3-14-10(7)9/h2-4,12H,5H2,1H3. The Bertz CT molecular complexity index is 464. The summed E-state index contributed by atoms with van der Waals surface area (Å²) >= 11 is 3.06. The Labute approximate surface area is 89.6 Å². The fraction of sp³-hybridized carbons (Fsp3) is 0.200. The van der Waals surface area contributed by atoms with Crippen LogP contribution in [-0.4, -0.2) is 11.4 Å². The monoisotopic (exact) mass is 228 g/mol. The predicted molar refractivity (Wildman–Crippen MR) is 59.5 cm³/mol. The molecule has 1 N–H and O–H groups in total. The summed E-state index contributed by atoms with van der Waals surface area (Å²) in [4.78, 5) is 0.985. The molecule has 2 rings (SSSR count). The molecule has 0 spiro atoms. The molecular weight excluding hydrogens is 219 g/mol. The molecule has 2 aromatic rings. The molecule has 4 heteroatoms. The van der Waals surface area contributed by atoms with Crippen LogP contribution >= 0.6 is 23.1 Å². The van der Waals surface area contributed by atoms with Gasteiger partial charge in [-0.25, -0.2) is 4.39 Å². The Kier molecular flexibility index (Phi) is 2.76. The van der Waals surface area contributed by atoms with Gasteiger partial charge in [0.2, 0.25) is 0 Å². The molecule has 0 aliphatic carbocycles. The van der Waals surface area contributed by atoms with Crippen LogP contribution in [-0.2, 0) is 6.61 Å². The Hall–Kier alpha value is -0.580. The zero-order valence-corrected chi connectivity index (χ0v) is 9.21. The van der Waals surface area contributed by atoms with Crippen molar-refractivity contribution in [3.05, 3.63) is 28.9 Å². The van der Waals surface area contributed by atoms with Crippen LogP contribution in [0.2, 0.25) is 0 Å². The van der Waals surface area contributed by atoms with Gasteiger partial charge in [-0.1, -0.05) is 0 Å². The minimum Gasteiger partial charge on any atom is -0.392 e. The summed E-state index contributed by atoms with van der Waals surface area (Å²) in [7, 11) is 0. The number of benzene rings is 1. The summed E-state index contributed by atoms with van der Waals surface area (Å²) in [5.41, 5.74) is 0.671. The highest BCUT2D eigenvalue weighted by Crippen LogP contribution is 2.35. The summed E-state index contributed by atoms with van der Waals surface area (Å²) in [5.74, 6) is -0.247. The number of hydrogen-bond donors (Lipinski definition) is 1. The largest absolute Gasteiger partial charge is 0.392 e. The van der Waals surface area contributed by atoms with Crippen LogP contribution in [0.3, 0.4) is 0 Å². The predicted octanol–water partition coefficient (Wildman–Crippen LogP) is 3.25. The number of halogens is 1. The molecule has 1 aromatic carbocycles.